The van der Waals surface area contributed by atoms with Crippen LogP contribution in [-0.4, -0.2) is 75.7 Å². The minimum atomic E-state index is -1.71. The molecule has 0 unspecified atom stereocenters. The summed E-state index contributed by atoms with van der Waals surface area (Å²) in [6.07, 6.45) is 4.22. The van der Waals surface area contributed by atoms with E-state index in [1.54, 1.807) is 49.9 Å². The van der Waals surface area contributed by atoms with Gasteiger partial charge in [-0.05, 0) is 182 Å². The van der Waals surface area contributed by atoms with E-state index >= 15 is 0 Å². The molecule has 0 bridgehead atoms. The van der Waals surface area contributed by atoms with Gasteiger partial charge in [0.1, 0.15) is 11.5 Å². The zero-order chi connectivity index (χ0) is 62.4. The standard InChI is InChI=1S/C12H11Br3N2OS.2C12H11Cl3N2O2.C12H11Cl3N2OS.C6H7N2O.W/c1-2-7-19-9-5-3-8(4-6-9)10-16-17-11(18-10)12(13,14)15;2*1-2-7-18-9-5-3-8(4-6-9)10-16-17-11(19-10)12(13,14)15;1-2-7-19-9-5-3-8(4-6-9)10-16-17-11(18-10)12(13,14)15;1-4(2)6-8-7-5(3)9-6;/h4*3-6H,2,7H2,1H3;1H,2-3H3;/q;;;;-1;. The summed E-state index contributed by atoms with van der Waals surface area (Å²) in [4.78, 5) is 2.45. The first-order valence-corrected chi connectivity index (χ1v) is 32.9. The number of halogens is 12. The molecule has 86 heavy (non-hydrogen) atoms. The van der Waals surface area contributed by atoms with Gasteiger partial charge < -0.3 is 31.6 Å². The van der Waals surface area contributed by atoms with Gasteiger partial charge >= 0.3 is 0 Å². The summed E-state index contributed by atoms with van der Waals surface area (Å²) in [5.74, 6) is 6.45. The van der Waals surface area contributed by atoms with Crippen molar-refractivity contribution in [1.82, 2.24) is 51.0 Å². The van der Waals surface area contributed by atoms with Crippen molar-refractivity contribution < 1.29 is 52.6 Å². The molecule has 9 rings (SSSR count). The zero-order valence-electron chi connectivity index (χ0n) is 46.1. The number of nitrogens with zero attached hydrogens (tertiary/aromatic N) is 10. The minimum absolute atomic E-state index is 0. The molecule has 5 aromatic heterocycles. The summed E-state index contributed by atoms with van der Waals surface area (Å²) < 4.78 is 31.6. The predicted octanol–water partition coefficient (Wildman–Crippen LogP) is 20.5. The van der Waals surface area contributed by atoms with Crippen LogP contribution in [0.1, 0.15) is 95.6 Å². The van der Waals surface area contributed by atoms with Gasteiger partial charge in [-0.25, -0.2) is 5.10 Å². The van der Waals surface area contributed by atoms with E-state index in [1.807, 2.05) is 86.3 Å². The van der Waals surface area contributed by atoms with Crippen molar-refractivity contribution in [3.63, 3.8) is 0 Å². The molecule has 17 nitrogen and oxygen atoms in total. The Morgan fingerprint density at radius 2 is 0.744 bits per heavy atom. The molecule has 4 aromatic carbocycles. The van der Waals surface area contributed by atoms with Crippen molar-refractivity contribution >= 4 is 181 Å². The van der Waals surface area contributed by atoms with E-state index in [-0.39, 0.29) is 38.7 Å². The molecule has 5 heterocycles. The average molecular weight is 1760 g/mol. The van der Waals surface area contributed by atoms with Gasteiger partial charge in [-0.15, -0.1) is 69.4 Å². The third kappa shape index (κ3) is 25.9. The number of benzene rings is 4. The van der Waals surface area contributed by atoms with Gasteiger partial charge in [0.05, 0.1) is 19.1 Å². The molecule has 0 spiro atoms. The first-order valence-electron chi connectivity index (χ1n) is 25.2. The molecule has 0 fully saturated rings. The number of allylic oxidation sites excluding steroid dienone is 1. The number of hydrogen-bond acceptors (Lipinski definition) is 19. The van der Waals surface area contributed by atoms with Crippen LogP contribution >= 0.6 is 176 Å². The molecule has 9 aromatic rings. The summed E-state index contributed by atoms with van der Waals surface area (Å²) in [6.45, 7) is 18.6. The van der Waals surface area contributed by atoms with E-state index in [4.69, 9.17) is 143 Å². The normalized spacial score (nSPS) is 11.3. The molecule has 0 amide bonds. The fourth-order valence-electron chi connectivity index (χ4n) is 5.93. The monoisotopic (exact) mass is 1750 g/mol. The Balaban J connectivity index is 0.000000233. The molecule has 0 aliphatic carbocycles. The van der Waals surface area contributed by atoms with Crippen molar-refractivity contribution in [2.24, 2.45) is 0 Å². The van der Waals surface area contributed by atoms with Crippen molar-refractivity contribution in [2.45, 2.75) is 90.5 Å². The van der Waals surface area contributed by atoms with Crippen LogP contribution in [-0.2, 0) is 34.6 Å². The Kier molecular flexibility index (Phi) is 32.6. The van der Waals surface area contributed by atoms with Crippen molar-refractivity contribution in [2.75, 3.05) is 24.7 Å². The van der Waals surface area contributed by atoms with Crippen LogP contribution in [0.15, 0.2) is 129 Å². The zero-order valence-corrected chi connectivity index (χ0v) is 62.2. The number of ether oxygens (including phenoxy) is 2. The van der Waals surface area contributed by atoms with Crippen molar-refractivity contribution in [1.29, 1.82) is 0 Å². The fourth-order valence-corrected chi connectivity index (χ4v) is 8.63. The molecular weight excluding hydrogens is 1710 g/mol. The third-order valence-corrected chi connectivity index (χ3v) is 14.7. The van der Waals surface area contributed by atoms with Crippen LogP contribution in [0.5, 0.6) is 11.5 Å². The van der Waals surface area contributed by atoms with E-state index in [0.29, 0.717) is 60.0 Å². The van der Waals surface area contributed by atoms with Gasteiger partial charge in [0, 0.05) is 60.0 Å². The van der Waals surface area contributed by atoms with Gasteiger partial charge in [-0.2, -0.15) is 5.57 Å². The first kappa shape index (κ1) is 75.8. The predicted molar refractivity (Wildman–Crippen MR) is 351 cm³/mol. The van der Waals surface area contributed by atoms with E-state index in [2.05, 4.69) is 125 Å². The van der Waals surface area contributed by atoms with Crippen LogP contribution in [0.25, 0.3) is 51.4 Å². The molecule has 462 valence electrons. The smallest absolute Gasteiger partial charge is 0.268 e. The molecule has 0 saturated heterocycles. The topological polar surface area (TPSA) is 213 Å². The maximum absolute atomic E-state index is 5.67. The van der Waals surface area contributed by atoms with E-state index in [1.165, 1.54) is 16.2 Å². The summed E-state index contributed by atoms with van der Waals surface area (Å²) in [6, 6.07) is 30.5. The second kappa shape index (κ2) is 37.0. The molecule has 0 radical (unpaired) electrons. The van der Waals surface area contributed by atoms with E-state index in [0.717, 1.165) is 64.5 Å². The quantitative estimate of drug-likeness (QED) is 0.0471. The fraction of sp³-hybridized carbons (Fsp3) is 0.333. The minimum Gasteiger partial charge on any atom is -0.514 e. The summed E-state index contributed by atoms with van der Waals surface area (Å²) in [7, 11) is 0. The van der Waals surface area contributed by atoms with Gasteiger partial charge in [0.25, 0.3) is 34.9 Å². The Labute approximate surface area is 590 Å². The Morgan fingerprint density at radius 3 is 0.965 bits per heavy atom. The summed E-state index contributed by atoms with van der Waals surface area (Å²) in [5.41, 5.74) is 3.73. The van der Waals surface area contributed by atoms with Crippen molar-refractivity contribution in [3.8, 4) is 57.3 Å². The Morgan fingerprint density at radius 1 is 0.442 bits per heavy atom. The second-order valence-corrected chi connectivity index (χ2v) is 32.9. The molecule has 0 N–H and O–H groups in total. The van der Waals surface area contributed by atoms with Gasteiger partial charge in [-0.1, -0.05) is 139 Å². The van der Waals surface area contributed by atoms with Crippen LogP contribution in [0.2, 0.25) is 0 Å². The number of aromatic nitrogens is 10. The molecular formula is C54H51Br3Cl9N10O7S2W-. The van der Waals surface area contributed by atoms with Gasteiger partial charge in [0.15, 0.2) is 5.89 Å². The van der Waals surface area contributed by atoms with Crippen LogP contribution in [0.3, 0.4) is 0 Å². The number of alkyl halides is 12. The van der Waals surface area contributed by atoms with E-state index < -0.39 is 13.5 Å². The number of hydrogen-bond donors (Lipinski definition) is 0. The van der Waals surface area contributed by atoms with Crippen LogP contribution in [0.4, 0.5) is 0 Å². The molecule has 0 aliphatic rings. The second-order valence-electron chi connectivity index (χ2n) is 16.9. The largest absolute Gasteiger partial charge is 0.514 e. The van der Waals surface area contributed by atoms with Crippen molar-refractivity contribution in [3.05, 3.63) is 139 Å². The first-order chi connectivity index (χ1) is 40.2. The number of aryl methyl sites for hydroxylation is 1. The van der Waals surface area contributed by atoms with Crippen LogP contribution in [0, 0.1) is 13.5 Å². The van der Waals surface area contributed by atoms with Gasteiger partial charge in [-0.3, -0.25) is 6.58 Å². The molecule has 0 saturated carbocycles. The molecule has 0 aliphatic heterocycles. The molecule has 0 atom stereocenters. The summed E-state index contributed by atoms with van der Waals surface area (Å²) in [5, 5.41) is 37.9. The Bertz CT molecular complexity index is 3020. The SMILES string of the molecule is CCCOc1ccc(-c2nnc(C(Cl)(Cl)Cl)o2)cc1.CCCOc1ccc(-c2nnc(C(Cl)(Cl)Cl)o2)cc1.CCCSc1ccc(-c2nnc(C(Br)(Br)Br)o2)cc1.CCCSc1ccc(-c2nnc(C(Cl)(Cl)Cl)o2)cc1.[CH-]=C(C)c1nnc(C)o1.[W]. The Hall–Kier alpha value is -2.64. The number of thioether (sulfide) groups is 2. The number of rotatable bonds is 17. The average Bonchev–Trinajstić information content (AvgIpc) is 4.45. The third-order valence-electron chi connectivity index (χ3n) is 9.83. The van der Waals surface area contributed by atoms with Crippen LogP contribution < -0.4 is 9.47 Å². The summed E-state index contributed by atoms with van der Waals surface area (Å²) >= 11 is 64.6. The molecule has 32 heteroatoms. The maximum atomic E-state index is 5.67. The maximum Gasteiger partial charge on any atom is 0.268 e. The van der Waals surface area contributed by atoms with E-state index in [9.17, 15) is 0 Å². The van der Waals surface area contributed by atoms with Gasteiger partial charge in [0.2, 0.25) is 25.7 Å².